The summed E-state index contributed by atoms with van der Waals surface area (Å²) in [6.07, 6.45) is 0. The SMILES string of the molecule is O=C(O)C1CNc2c(Br)cccc2S1. The number of carboxylic acids is 1. The van der Waals surface area contributed by atoms with E-state index < -0.39 is 11.2 Å². The zero-order valence-corrected chi connectivity index (χ0v) is 9.56. The summed E-state index contributed by atoms with van der Waals surface area (Å²) >= 11 is 4.80. The number of para-hydroxylation sites is 1. The number of benzene rings is 1. The summed E-state index contributed by atoms with van der Waals surface area (Å²) in [6.45, 7) is 0.468. The standard InChI is InChI=1S/C9H8BrNO2S/c10-5-2-1-3-6-8(5)11-4-7(14-6)9(12)13/h1-3,7,11H,4H2,(H,12,13). The van der Waals surface area contributed by atoms with E-state index in [0.717, 1.165) is 15.1 Å². The molecule has 0 radical (unpaired) electrons. The first-order valence-corrected chi connectivity index (χ1v) is 5.77. The number of thioether (sulfide) groups is 1. The summed E-state index contributed by atoms with van der Waals surface area (Å²) in [4.78, 5) is 11.8. The molecule has 1 aromatic carbocycles. The lowest BCUT2D eigenvalue weighted by molar-refractivity contribution is -0.136. The molecule has 1 aliphatic heterocycles. The van der Waals surface area contributed by atoms with Gasteiger partial charge in [-0.1, -0.05) is 6.07 Å². The second-order valence-corrected chi connectivity index (χ2v) is 5.04. The Hall–Kier alpha value is -0.680. The van der Waals surface area contributed by atoms with Crippen LogP contribution in [0.5, 0.6) is 0 Å². The first kappa shape index (κ1) is 9.86. The predicted molar refractivity (Wildman–Crippen MR) is 59.9 cm³/mol. The van der Waals surface area contributed by atoms with Gasteiger partial charge in [0.2, 0.25) is 0 Å². The summed E-state index contributed by atoms with van der Waals surface area (Å²) in [6, 6.07) is 5.77. The van der Waals surface area contributed by atoms with Crippen molar-refractivity contribution >= 4 is 39.3 Å². The fourth-order valence-electron chi connectivity index (χ4n) is 1.30. The van der Waals surface area contributed by atoms with Crippen LogP contribution in [0.4, 0.5) is 5.69 Å². The molecule has 0 saturated carbocycles. The summed E-state index contributed by atoms with van der Waals surface area (Å²) in [5.41, 5.74) is 0.995. The van der Waals surface area contributed by atoms with E-state index in [1.54, 1.807) is 0 Å². The van der Waals surface area contributed by atoms with E-state index in [2.05, 4.69) is 21.2 Å². The lowest BCUT2D eigenvalue weighted by Gasteiger charge is -2.23. The van der Waals surface area contributed by atoms with Gasteiger partial charge >= 0.3 is 5.97 Å². The Labute approximate surface area is 94.0 Å². The topological polar surface area (TPSA) is 49.3 Å². The monoisotopic (exact) mass is 273 g/mol. The highest BCUT2D eigenvalue weighted by Crippen LogP contribution is 2.39. The summed E-state index contributed by atoms with van der Waals surface area (Å²) < 4.78 is 0.978. The molecule has 1 aromatic rings. The molecule has 1 unspecified atom stereocenters. The van der Waals surface area contributed by atoms with Crippen LogP contribution in [0.3, 0.4) is 0 Å². The lowest BCUT2D eigenvalue weighted by Crippen LogP contribution is -2.28. The quantitative estimate of drug-likeness (QED) is 0.825. The van der Waals surface area contributed by atoms with Gasteiger partial charge in [0.05, 0.1) is 5.69 Å². The zero-order valence-electron chi connectivity index (χ0n) is 7.16. The van der Waals surface area contributed by atoms with Crippen LogP contribution in [0.15, 0.2) is 27.6 Å². The smallest absolute Gasteiger partial charge is 0.318 e. The number of hydrogen-bond acceptors (Lipinski definition) is 3. The van der Waals surface area contributed by atoms with Gasteiger partial charge in [-0.2, -0.15) is 0 Å². The minimum absolute atomic E-state index is 0.392. The van der Waals surface area contributed by atoms with E-state index >= 15 is 0 Å². The number of hydrogen-bond donors (Lipinski definition) is 2. The van der Waals surface area contributed by atoms with Crippen LogP contribution in [0, 0.1) is 0 Å². The maximum absolute atomic E-state index is 10.8. The predicted octanol–water partition coefficient (Wildman–Crippen LogP) is 2.42. The average molecular weight is 274 g/mol. The van der Waals surface area contributed by atoms with E-state index in [0.29, 0.717) is 6.54 Å². The van der Waals surface area contributed by atoms with Gasteiger partial charge in [-0.15, -0.1) is 11.8 Å². The van der Waals surface area contributed by atoms with E-state index in [1.165, 1.54) is 11.8 Å². The van der Waals surface area contributed by atoms with Crippen LogP contribution in [-0.2, 0) is 4.79 Å². The van der Waals surface area contributed by atoms with Crippen molar-refractivity contribution in [2.24, 2.45) is 0 Å². The van der Waals surface area contributed by atoms with E-state index in [9.17, 15) is 4.79 Å². The molecule has 5 heteroatoms. The van der Waals surface area contributed by atoms with Gasteiger partial charge in [0, 0.05) is 15.9 Å². The molecule has 0 fully saturated rings. The van der Waals surface area contributed by atoms with Gasteiger partial charge in [0.15, 0.2) is 0 Å². The second kappa shape index (κ2) is 3.82. The average Bonchev–Trinajstić information content (AvgIpc) is 2.17. The number of rotatable bonds is 1. The van der Waals surface area contributed by atoms with Crippen LogP contribution in [-0.4, -0.2) is 22.9 Å². The Morgan fingerprint density at radius 1 is 1.64 bits per heavy atom. The second-order valence-electron chi connectivity index (χ2n) is 2.94. The number of carbonyl (C=O) groups is 1. The molecule has 74 valence electrons. The van der Waals surface area contributed by atoms with Crippen molar-refractivity contribution in [3.63, 3.8) is 0 Å². The minimum atomic E-state index is -0.770. The highest BCUT2D eigenvalue weighted by molar-refractivity contribution is 9.10. The van der Waals surface area contributed by atoms with Crippen molar-refractivity contribution in [1.82, 2.24) is 0 Å². The Kier molecular flexibility index (Phi) is 2.69. The third-order valence-corrected chi connectivity index (χ3v) is 3.89. The molecular weight excluding hydrogens is 266 g/mol. The van der Waals surface area contributed by atoms with E-state index in [-0.39, 0.29) is 0 Å². The van der Waals surface area contributed by atoms with E-state index in [4.69, 9.17) is 5.11 Å². The molecule has 1 atom stereocenters. The Morgan fingerprint density at radius 3 is 3.14 bits per heavy atom. The molecule has 0 saturated heterocycles. The van der Waals surface area contributed by atoms with Gasteiger partial charge in [-0.3, -0.25) is 4.79 Å². The highest BCUT2D eigenvalue weighted by atomic mass is 79.9. The van der Waals surface area contributed by atoms with Crippen molar-refractivity contribution < 1.29 is 9.90 Å². The van der Waals surface area contributed by atoms with Crippen LogP contribution >= 0.6 is 27.7 Å². The first-order valence-electron chi connectivity index (χ1n) is 4.10. The van der Waals surface area contributed by atoms with Gasteiger partial charge in [-0.05, 0) is 28.1 Å². The summed E-state index contributed by atoms with van der Waals surface area (Å²) in [5, 5.41) is 11.6. The maximum atomic E-state index is 10.8. The molecule has 0 amide bonds. The van der Waals surface area contributed by atoms with Crippen LogP contribution < -0.4 is 5.32 Å². The molecule has 0 bridgehead atoms. The van der Waals surface area contributed by atoms with Crippen molar-refractivity contribution in [3.05, 3.63) is 22.7 Å². The molecule has 0 aromatic heterocycles. The van der Waals surface area contributed by atoms with Crippen LogP contribution in [0.1, 0.15) is 0 Å². The fourth-order valence-corrected chi connectivity index (χ4v) is 2.97. The third-order valence-electron chi connectivity index (χ3n) is 1.98. The lowest BCUT2D eigenvalue weighted by atomic mass is 10.3. The molecule has 14 heavy (non-hydrogen) atoms. The molecule has 1 heterocycles. The maximum Gasteiger partial charge on any atom is 0.318 e. The van der Waals surface area contributed by atoms with Gasteiger partial charge in [0.25, 0.3) is 0 Å². The Balaban J connectivity index is 2.31. The molecule has 0 aliphatic carbocycles. The first-order chi connectivity index (χ1) is 6.68. The highest BCUT2D eigenvalue weighted by Gasteiger charge is 2.25. The Morgan fingerprint density at radius 2 is 2.43 bits per heavy atom. The largest absolute Gasteiger partial charge is 0.480 e. The van der Waals surface area contributed by atoms with Crippen molar-refractivity contribution in [1.29, 1.82) is 0 Å². The number of aliphatic carboxylic acids is 1. The molecule has 0 spiro atoms. The normalized spacial score (nSPS) is 19.6. The molecule has 2 N–H and O–H groups in total. The molecular formula is C9H8BrNO2S. The van der Waals surface area contributed by atoms with Crippen LogP contribution in [0.2, 0.25) is 0 Å². The zero-order chi connectivity index (χ0) is 10.1. The van der Waals surface area contributed by atoms with Crippen molar-refractivity contribution in [2.75, 3.05) is 11.9 Å². The Bertz CT molecular complexity index is 383. The summed E-state index contributed by atoms with van der Waals surface area (Å²) in [7, 11) is 0. The number of halogens is 1. The molecule has 2 rings (SSSR count). The van der Waals surface area contributed by atoms with Gasteiger partial charge in [0.1, 0.15) is 5.25 Å². The van der Waals surface area contributed by atoms with Gasteiger partial charge < -0.3 is 10.4 Å². The van der Waals surface area contributed by atoms with E-state index in [1.807, 2.05) is 18.2 Å². The van der Waals surface area contributed by atoms with Crippen molar-refractivity contribution in [3.8, 4) is 0 Å². The fraction of sp³-hybridized carbons (Fsp3) is 0.222. The van der Waals surface area contributed by atoms with Crippen molar-refractivity contribution in [2.45, 2.75) is 10.1 Å². The number of nitrogens with one attached hydrogen (secondary N) is 1. The summed E-state index contributed by atoms with van der Waals surface area (Å²) in [5.74, 6) is -0.770. The van der Waals surface area contributed by atoms with Crippen LogP contribution in [0.25, 0.3) is 0 Å². The number of carboxylic acid groups (broad SMARTS) is 1. The number of anilines is 1. The third kappa shape index (κ3) is 1.74. The molecule has 3 nitrogen and oxygen atoms in total. The van der Waals surface area contributed by atoms with Gasteiger partial charge in [-0.25, -0.2) is 0 Å². The minimum Gasteiger partial charge on any atom is -0.480 e. The molecule has 1 aliphatic rings. The number of fused-ring (bicyclic) bond motifs is 1.